The predicted molar refractivity (Wildman–Crippen MR) is 71.8 cm³/mol. The van der Waals surface area contributed by atoms with Crippen molar-refractivity contribution in [2.75, 3.05) is 26.4 Å². The number of H-pyrrole nitrogens is 1. The van der Waals surface area contributed by atoms with Crippen LogP contribution in [0.25, 0.3) is 0 Å². The lowest BCUT2D eigenvalue weighted by molar-refractivity contribution is 0.0937. The Labute approximate surface area is 113 Å². The number of rotatable bonds is 10. The summed E-state index contributed by atoms with van der Waals surface area (Å²) in [7, 11) is 0. The van der Waals surface area contributed by atoms with E-state index in [1.54, 1.807) is 0 Å². The second-order valence-electron chi connectivity index (χ2n) is 4.07. The lowest BCUT2D eigenvalue weighted by atomic mass is 10.2. The van der Waals surface area contributed by atoms with E-state index >= 15 is 0 Å². The van der Waals surface area contributed by atoms with Crippen molar-refractivity contribution in [2.45, 2.75) is 32.7 Å². The number of halogens is 1. The summed E-state index contributed by atoms with van der Waals surface area (Å²) in [5.74, 6) is 0.954. The Balaban J connectivity index is 2.22. The molecule has 0 amide bonds. The molecule has 1 aromatic heterocycles. The predicted octanol–water partition coefficient (Wildman–Crippen LogP) is 1.50. The lowest BCUT2D eigenvalue weighted by Gasteiger charge is -2.04. The minimum absolute atomic E-state index is 0.0627. The minimum atomic E-state index is 0.0627. The molecule has 1 rings (SSSR count). The van der Waals surface area contributed by atoms with Crippen LogP contribution in [0.1, 0.15) is 31.3 Å². The van der Waals surface area contributed by atoms with Crippen LogP contribution in [0.15, 0.2) is 0 Å². The zero-order valence-electron chi connectivity index (χ0n) is 10.8. The highest BCUT2D eigenvalue weighted by Gasteiger charge is 2.07. The largest absolute Gasteiger partial charge is 0.394 e. The summed E-state index contributed by atoms with van der Waals surface area (Å²) >= 11 is 6.04. The van der Waals surface area contributed by atoms with Crippen molar-refractivity contribution in [3.05, 3.63) is 16.7 Å². The number of aromatic nitrogens is 2. The topological polar surface area (TPSA) is 70.2 Å². The van der Waals surface area contributed by atoms with Crippen molar-refractivity contribution >= 4 is 11.6 Å². The normalized spacial score (nSPS) is 11.1. The number of nitrogens with zero attached hydrogens (tertiary/aromatic N) is 1. The molecule has 0 aromatic carbocycles. The van der Waals surface area contributed by atoms with E-state index in [0.29, 0.717) is 24.9 Å². The fraction of sp³-hybridized carbons (Fsp3) is 0.750. The monoisotopic (exact) mass is 275 g/mol. The maximum Gasteiger partial charge on any atom is 0.151 e. The first-order valence-corrected chi connectivity index (χ1v) is 6.78. The van der Waals surface area contributed by atoms with Crippen molar-refractivity contribution in [1.82, 2.24) is 15.3 Å². The number of nitrogens with one attached hydrogen (secondary N) is 2. The van der Waals surface area contributed by atoms with Gasteiger partial charge in [-0.25, -0.2) is 4.98 Å². The number of unbranched alkanes of at least 4 members (excludes halogenated alkanes) is 1. The third-order valence-electron chi connectivity index (χ3n) is 2.51. The molecule has 1 heterocycles. The van der Waals surface area contributed by atoms with Crippen LogP contribution < -0.4 is 5.32 Å². The van der Waals surface area contributed by atoms with E-state index in [4.69, 9.17) is 21.4 Å². The lowest BCUT2D eigenvalue weighted by Crippen LogP contribution is -2.20. The summed E-state index contributed by atoms with van der Waals surface area (Å²) in [5, 5.41) is 12.3. The number of ether oxygens (including phenoxy) is 1. The molecule has 0 spiro atoms. The van der Waals surface area contributed by atoms with Gasteiger partial charge in [0.2, 0.25) is 0 Å². The summed E-state index contributed by atoms with van der Waals surface area (Å²) in [6.07, 6.45) is 3.20. The molecule has 5 nitrogen and oxygen atoms in total. The number of aromatic amines is 1. The van der Waals surface area contributed by atoms with Gasteiger partial charge >= 0.3 is 0 Å². The van der Waals surface area contributed by atoms with Crippen molar-refractivity contribution in [3.8, 4) is 0 Å². The number of imidazole rings is 1. The van der Waals surface area contributed by atoms with Gasteiger partial charge < -0.3 is 20.1 Å². The van der Waals surface area contributed by atoms with Gasteiger partial charge in [-0.05, 0) is 6.42 Å². The van der Waals surface area contributed by atoms with E-state index < -0.39 is 0 Å². The molecule has 0 saturated heterocycles. The minimum Gasteiger partial charge on any atom is -0.394 e. The number of aliphatic hydroxyl groups is 1. The van der Waals surface area contributed by atoms with Crippen LogP contribution in [0.5, 0.6) is 0 Å². The van der Waals surface area contributed by atoms with Gasteiger partial charge in [0.25, 0.3) is 0 Å². The van der Waals surface area contributed by atoms with Gasteiger partial charge in [-0.3, -0.25) is 0 Å². The first-order valence-electron chi connectivity index (χ1n) is 6.40. The SMILES string of the molecule is CCCCc1nc(Cl)c(CNCCOCCO)[nH]1. The van der Waals surface area contributed by atoms with Crippen LogP contribution in [-0.2, 0) is 17.7 Å². The van der Waals surface area contributed by atoms with Crippen molar-refractivity contribution < 1.29 is 9.84 Å². The van der Waals surface area contributed by atoms with E-state index in [-0.39, 0.29) is 6.61 Å². The number of aliphatic hydroxyl groups excluding tert-OH is 1. The van der Waals surface area contributed by atoms with Gasteiger partial charge in [-0.15, -0.1) is 0 Å². The highest BCUT2D eigenvalue weighted by molar-refractivity contribution is 6.30. The van der Waals surface area contributed by atoms with Crippen LogP contribution in [0.2, 0.25) is 5.15 Å². The van der Waals surface area contributed by atoms with Gasteiger partial charge in [0, 0.05) is 19.5 Å². The molecule has 0 unspecified atom stereocenters. The van der Waals surface area contributed by atoms with Crippen LogP contribution in [0.4, 0.5) is 0 Å². The van der Waals surface area contributed by atoms with Gasteiger partial charge in [0.15, 0.2) is 5.15 Å². The number of hydrogen-bond donors (Lipinski definition) is 3. The summed E-state index contributed by atoms with van der Waals surface area (Å²) in [5.41, 5.74) is 0.921. The zero-order valence-corrected chi connectivity index (χ0v) is 11.6. The Morgan fingerprint density at radius 2 is 2.28 bits per heavy atom. The summed E-state index contributed by atoms with van der Waals surface area (Å²) in [6, 6.07) is 0. The van der Waals surface area contributed by atoms with Crippen molar-refractivity contribution in [2.24, 2.45) is 0 Å². The molecule has 0 radical (unpaired) electrons. The smallest absolute Gasteiger partial charge is 0.151 e. The van der Waals surface area contributed by atoms with Gasteiger partial charge in [-0.2, -0.15) is 0 Å². The van der Waals surface area contributed by atoms with Gasteiger partial charge in [0.05, 0.1) is 25.5 Å². The third kappa shape index (κ3) is 5.82. The van der Waals surface area contributed by atoms with Crippen molar-refractivity contribution in [3.63, 3.8) is 0 Å². The Morgan fingerprint density at radius 1 is 1.44 bits per heavy atom. The molecular formula is C12H22ClN3O2. The Bertz CT molecular complexity index is 331. The summed E-state index contributed by atoms with van der Waals surface area (Å²) in [4.78, 5) is 7.51. The van der Waals surface area contributed by atoms with Crippen LogP contribution >= 0.6 is 11.6 Å². The van der Waals surface area contributed by atoms with E-state index in [1.807, 2.05) is 0 Å². The highest BCUT2D eigenvalue weighted by Crippen LogP contribution is 2.13. The molecule has 0 aliphatic carbocycles. The van der Waals surface area contributed by atoms with Gasteiger partial charge in [0.1, 0.15) is 5.82 Å². The highest BCUT2D eigenvalue weighted by atomic mass is 35.5. The van der Waals surface area contributed by atoms with E-state index in [9.17, 15) is 0 Å². The standard InChI is InChI=1S/C12H22ClN3O2/c1-2-3-4-11-15-10(12(13)16-11)9-14-5-7-18-8-6-17/h14,17H,2-9H2,1H3,(H,15,16). The number of hydrogen-bond acceptors (Lipinski definition) is 4. The molecule has 6 heteroatoms. The molecule has 0 aliphatic rings. The van der Waals surface area contributed by atoms with E-state index in [0.717, 1.165) is 37.3 Å². The average molecular weight is 276 g/mol. The first kappa shape index (κ1) is 15.4. The number of aryl methyl sites for hydroxylation is 1. The summed E-state index contributed by atoms with van der Waals surface area (Å²) < 4.78 is 5.14. The molecule has 0 saturated carbocycles. The average Bonchev–Trinajstić information content (AvgIpc) is 2.72. The molecule has 0 bridgehead atoms. The zero-order chi connectivity index (χ0) is 13.2. The third-order valence-corrected chi connectivity index (χ3v) is 2.82. The van der Waals surface area contributed by atoms with Gasteiger partial charge in [-0.1, -0.05) is 24.9 Å². The maximum absolute atomic E-state index is 8.53. The molecule has 1 aromatic rings. The van der Waals surface area contributed by atoms with Crippen LogP contribution in [0.3, 0.4) is 0 Å². The van der Waals surface area contributed by atoms with Crippen molar-refractivity contribution in [1.29, 1.82) is 0 Å². The second-order valence-corrected chi connectivity index (χ2v) is 4.43. The first-order chi connectivity index (χ1) is 8.77. The maximum atomic E-state index is 8.53. The quantitative estimate of drug-likeness (QED) is 0.566. The van der Waals surface area contributed by atoms with Crippen LogP contribution in [0, 0.1) is 0 Å². The summed E-state index contributed by atoms with van der Waals surface area (Å²) in [6.45, 7) is 4.55. The molecular weight excluding hydrogens is 254 g/mol. The fourth-order valence-electron chi connectivity index (χ4n) is 1.54. The molecule has 0 aliphatic heterocycles. The Kier molecular flexibility index (Phi) is 8.00. The van der Waals surface area contributed by atoms with E-state index in [1.165, 1.54) is 0 Å². The molecule has 104 valence electrons. The Hall–Kier alpha value is -0.620. The van der Waals surface area contributed by atoms with E-state index in [2.05, 4.69) is 22.2 Å². The molecule has 3 N–H and O–H groups in total. The second kappa shape index (κ2) is 9.33. The molecule has 18 heavy (non-hydrogen) atoms. The molecule has 0 atom stereocenters. The molecule has 0 fully saturated rings. The Morgan fingerprint density at radius 3 is 3.00 bits per heavy atom. The fourth-order valence-corrected chi connectivity index (χ4v) is 1.76. The van der Waals surface area contributed by atoms with Crippen LogP contribution in [-0.4, -0.2) is 41.4 Å².